The van der Waals surface area contributed by atoms with Crippen LogP contribution in [0.4, 0.5) is 10.5 Å². The molecule has 6 heteroatoms. The van der Waals surface area contributed by atoms with Gasteiger partial charge in [0.2, 0.25) is 0 Å². The fourth-order valence-corrected chi connectivity index (χ4v) is 4.53. The summed E-state index contributed by atoms with van der Waals surface area (Å²) in [5.41, 5.74) is 3.84. The summed E-state index contributed by atoms with van der Waals surface area (Å²) >= 11 is 0. The SMILES string of the molecule is CC(C)(C)c1ccc2c(c1)OC1(CCC1)CC2NC(=O)Nc1cccc2[nH]ncc12. The number of aromatic amines is 1. The number of fused-ring (bicyclic) bond motifs is 2. The topological polar surface area (TPSA) is 79.0 Å². The molecule has 1 spiro atoms. The molecule has 1 aliphatic heterocycles. The van der Waals surface area contributed by atoms with Crippen molar-refractivity contribution in [1.29, 1.82) is 0 Å². The van der Waals surface area contributed by atoms with Crippen molar-refractivity contribution in [2.75, 3.05) is 5.32 Å². The highest BCUT2D eigenvalue weighted by Gasteiger charge is 2.46. The van der Waals surface area contributed by atoms with Gasteiger partial charge < -0.3 is 15.4 Å². The number of hydrogen-bond donors (Lipinski definition) is 3. The fourth-order valence-electron chi connectivity index (χ4n) is 4.53. The molecule has 5 rings (SSSR count). The van der Waals surface area contributed by atoms with Gasteiger partial charge in [-0.1, -0.05) is 39.0 Å². The smallest absolute Gasteiger partial charge is 0.319 e. The molecular formula is C24H28N4O2. The van der Waals surface area contributed by atoms with E-state index in [2.05, 4.69) is 59.8 Å². The summed E-state index contributed by atoms with van der Waals surface area (Å²) in [5.74, 6) is 0.913. The second-order valence-electron chi connectivity index (χ2n) is 9.63. The highest BCUT2D eigenvalue weighted by atomic mass is 16.5. The number of carbonyl (C=O) groups is 1. The van der Waals surface area contributed by atoms with Crippen LogP contribution in [0.2, 0.25) is 0 Å². The molecule has 6 nitrogen and oxygen atoms in total. The van der Waals surface area contributed by atoms with Gasteiger partial charge in [0.25, 0.3) is 0 Å². The van der Waals surface area contributed by atoms with Gasteiger partial charge in [0.15, 0.2) is 0 Å². The Balaban J connectivity index is 1.41. The molecule has 3 N–H and O–H groups in total. The van der Waals surface area contributed by atoms with Crippen molar-refractivity contribution in [1.82, 2.24) is 15.5 Å². The zero-order chi connectivity index (χ0) is 20.9. The number of H-pyrrole nitrogens is 1. The molecule has 0 saturated heterocycles. The second-order valence-corrected chi connectivity index (χ2v) is 9.63. The summed E-state index contributed by atoms with van der Waals surface area (Å²) in [7, 11) is 0. The highest BCUT2D eigenvalue weighted by Crippen LogP contribution is 2.49. The van der Waals surface area contributed by atoms with E-state index in [1.54, 1.807) is 6.20 Å². The zero-order valence-corrected chi connectivity index (χ0v) is 17.7. The minimum atomic E-state index is -0.212. The summed E-state index contributed by atoms with van der Waals surface area (Å²) < 4.78 is 6.48. The van der Waals surface area contributed by atoms with Crippen molar-refractivity contribution in [3.63, 3.8) is 0 Å². The molecule has 1 unspecified atom stereocenters. The van der Waals surface area contributed by atoms with Gasteiger partial charge in [-0.05, 0) is 48.4 Å². The number of urea groups is 1. The largest absolute Gasteiger partial charge is 0.487 e. The standard InChI is InChI=1S/C24H28N4O2/c1-23(2,3)15-8-9-16-20(13-24(10-5-11-24)30-21(16)12-15)27-22(29)26-18-6-4-7-19-17(18)14-25-28-19/h4,6-9,12,14,20H,5,10-11,13H2,1-3H3,(H,25,28)(H2,26,27,29). The van der Waals surface area contributed by atoms with Crippen molar-refractivity contribution in [3.8, 4) is 5.75 Å². The minimum Gasteiger partial charge on any atom is -0.487 e. The van der Waals surface area contributed by atoms with Crippen molar-refractivity contribution in [2.45, 2.75) is 63.5 Å². The Labute approximate surface area is 176 Å². The lowest BCUT2D eigenvalue weighted by molar-refractivity contribution is -0.0355. The number of rotatable bonds is 2. The molecule has 3 aromatic rings. The zero-order valence-electron chi connectivity index (χ0n) is 17.7. The maximum Gasteiger partial charge on any atom is 0.319 e. The van der Waals surface area contributed by atoms with Gasteiger partial charge in [-0.15, -0.1) is 0 Å². The average Bonchev–Trinajstić information content (AvgIpc) is 3.15. The number of amides is 2. The quantitative estimate of drug-likeness (QED) is 0.533. The molecular weight excluding hydrogens is 376 g/mol. The van der Waals surface area contributed by atoms with E-state index in [0.29, 0.717) is 0 Å². The minimum absolute atomic E-state index is 0.0478. The third-order valence-corrected chi connectivity index (χ3v) is 6.46. The molecule has 2 aliphatic rings. The van der Waals surface area contributed by atoms with E-state index < -0.39 is 0 Å². The number of anilines is 1. The molecule has 0 radical (unpaired) electrons. The number of nitrogens with zero attached hydrogens (tertiary/aromatic N) is 1. The molecule has 1 saturated carbocycles. The number of hydrogen-bond acceptors (Lipinski definition) is 3. The van der Waals surface area contributed by atoms with Crippen molar-refractivity contribution in [2.24, 2.45) is 0 Å². The third kappa shape index (κ3) is 3.30. The van der Waals surface area contributed by atoms with Crippen LogP contribution >= 0.6 is 0 Å². The Hall–Kier alpha value is -3.02. The lowest BCUT2D eigenvalue weighted by atomic mass is 9.72. The summed E-state index contributed by atoms with van der Waals surface area (Å²) in [4.78, 5) is 12.9. The first kappa shape index (κ1) is 19.0. The summed E-state index contributed by atoms with van der Waals surface area (Å²) in [5, 5.41) is 14.1. The molecule has 0 bridgehead atoms. The molecule has 1 aromatic heterocycles. The van der Waals surface area contributed by atoms with Gasteiger partial charge in [-0.3, -0.25) is 5.10 Å². The van der Waals surface area contributed by atoms with Crippen LogP contribution in [0.15, 0.2) is 42.6 Å². The van der Waals surface area contributed by atoms with E-state index >= 15 is 0 Å². The monoisotopic (exact) mass is 404 g/mol. The molecule has 2 aromatic carbocycles. The number of nitrogens with one attached hydrogen (secondary N) is 3. The van der Waals surface area contributed by atoms with Gasteiger partial charge in [-0.25, -0.2) is 4.79 Å². The van der Waals surface area contributed by atoms with Crippen molar-refractivity contribution < 1.29 is 9.53 Å². The van der Waals surface area contributed by atoms with Gasteiger partial charge >= 0.3 is 6.03 Å². The van der Waals surface area contributed by atoms with Gasteiger partial charge in [-0.2, -0.15) is 5.10 Å². The second kappa shape index (κ2) is 6.76. The molecule has 1 atom stereocenters. The van der Waals surface area contributed by atoms with Gasteiger partial charge in [0, 0.05) is 17.4 Å². The molecule has 2 amide bonds. The van der Waals surface area contributed by atoms with E-state index in [1.807, 2.05) is 18.2 Å². The van der Waals surface area contributed by atoms with Crippen LogP contribution in [0.5, 0.6) is 5.75 Å². The number of benzene rings is 2. The Kier molecular flexibility index (Phi) is 4.27. The molecule has 156 valence electrons. The Bertz CT molecular complexity index is 1110. The first-order chi connectivity index (χ1) is 14.3. The molecule has 2 heterocycles. The lowest BCUT2D eigenvalue weighted by Gasteiger charge is -2.48. The summed E-state index contributed by atoms with van der Waals surface area (Å²) in [6.45, 7) is 6.61. The summed E-state index contributed by atoms with van der Waals surface area (Å²) in [6.07, 6.45) is 5.79. The number of aromatic nitrogens is 2. The Morgan fingerprint density at radius 3 is 2.80 bits per heavy atom. The highest BCUT2D eigenvalue weighted by molar-refractivity contribution is 6.00. The third-order valence-electron chi connectivity index (χ3n) is 6.46. The Morgan fingerprint density at radius 1 is 1.23 bits per heavy atom. The van der Waals surface area contributed by atoms with Crippen LogP contribution in [-0.4, -0.2) is 21.8 Å². The molecule has 1 aliphatic carbocycles. The van der Waals surface area contributed by atoms with Crippen LogP contribution in [0.25, 0.3) is 10.9 Å². The van der Waals surface area contributed by atoms with Crippen molar-refractivity contribution in [3.05, 3.63) is 53.7 Å². The van der Waals surface area contributed by atoms with Gasteiger partial charge in [0.05, 0.1) is 23.4 Å². The van der Waals surface area contributed by atoms with E-state index in [0.717, 1.165) is 47.2 Å². The van der Waals surface area contributed by atoms with Crippen LogP contribution in [0.1, 0.15) is 63.6 Å². The summed E-state index contributed by atoms with van der Waals surface area (Å²) in [6, 6.07) is 11.9. The normalized spacial score (nSPS) is 19.6. The first-order valence-electron chi connectivity index (χ1n) is 10.7. The van der Waals surface area contributed by atoms with E-state index in [4.69, 9.17) is 4.74 Å². The van der Waals surface area contributed by atoms with E-state index in [1.165, 1.54) is 12.0 Å². The maximum absolute atomic E-state index is 12.9. The van der Waals surface area contributed by atoms with Crippen LogP contribution in [-0.2, 0) is 5.41 Å². The van der Waals surface area contributed by atoms with E-state index in [9.17, 15) is 4.79 Å². The Morgan fingerprint density at radius 2 is 2.07 bits per heavy atom. The van der Waals surface area contributed by atoms with Gasteiger partial charge in [0.1, 0.15) is 11.4 Å². The molecule has 30 heavy (non-hydrogen) atoms. The molecule has 1 fully saturated rings. The first-order valence-corrected chi connectivity index (χ1v) is 10.7. The van der Waals surface area contributed by atoms with Crippen LogP contribution < -0.4 is 15.4 Å². The van der Waals surface area contributed by atoms with Crippen molar-refractivity contribution >= 4 is 22.6 Å². The maximum atomic E-state index is 12.9. The number of carbonyl (C=O) groups excluding carboxylic acids is 1. The van der Waals surface area contributed by atoms with Crippen LogP contribution in [0, 0.1) is 0 Å². The predicted octanol–water partition coefficient (Wildman–Crippen LogP) is 5.43. The average molecular weight is 405 g/mol. The lowest BCUT2D eigenvalue weighted by Crippen LogP contribution is -2.50. The predicted molar refractivity (Wildman–Crippen MR) is 118 cm³/mol. The van der Waals surface area contributed by atoms with Crippen LogP contribution in [0.3, 0.4) is 0 Å². The number of ether oxygens (including phenoxy) is 1. The fraction of sp³-hybridized carbons (Fsp3) is 0.417. The van der Waals surface area contributed by atoms with E-state index in [-0.39, 0.29) is 23.1 Å².